The molecule has 220 valence electrons. The summed E-state index contributed by atoms with van der Waals surface area (Å²) in [6, 6.07) is 7.80. The maximum Gasteiger partial charge on any atom is 0.435 e. The van der Waals surface area contributed by atoms with Crippen LogP contribution in [-0.2, 0) is 25.7 Å². The van der Waals surface area contributed by atoms with Gasteiger partial charge >= 0.3 is 6.18 Å². The number of hydrogen-bond donors (Lipinski definition) is 1. The molecule has 2 aliphatic heterocycles. The minimum atomic E-state index is -4.68. The number of carbonyl (C=O) groups is 1. The molecule has 0 saturated carbocycles. The molecule has 0 radical (unpaired) electrons. The molecule has 0 bridgehead atoms. The van der Waals surface area contributed by atoms with Crippen molar-refractivity contribution in [3.8, 4) is 16.9 Å². The van der Waals surface area contributed by atoms with Crippen LogP contribution in [0.15, 0.2) is 49.2 Å². The normalized spacial score (nSPS) is 17.2. The highest BCUT2D eigenvalue weighted by molar-refractivity contribution is 6.04. The molecule has 9 nitrogen and oxygen atoms in total. The number of aryl methyl sites for hydroxylation is 2. The van der Waals surface area contributed by atoms with E-state index >= 15 is 0 Å². The van der Waals surface area contributed by atoms with Gasteiger partial charge in [0.25, 0.3) is 0 Å². The number of likely N-dealkylation sites (N-methyl/N-ethyl adjacent to an activating group) is 1. The average molecular weight is 580 g/mol. The smallest absolute Gasteiger partial charge is 0.435 e. The van der Waals surface area contributed by atoms with Gasteiger partial charge in [-0.2, -0.15) is 18.3 Å². The van der Waals surface area contributed by atoms with E-state index in [0.717, 1.165) is 30.2 Å². The third-order valence-corrected chi connectivity index (χ3v) is 7.86. The summed E-state index contributed by atoms with van der Waals surface area (Å²) in [6.07, 6.45) is 2.05. The van der Waals surface area contributed by atoms with E-state index in [1.807, 2.05) is 26.1 Å². The molecule has 4 aromatic rings. The minimum absolute atomic E-state index is 0.0411. The largest absolute Gasteiger partial charge is 0.491 e. The molecule has 1 saturated heterocycles. The van der Waals surface area contributed by atoms with Gasteiger partial charge in [-0.05, 0) is 56.3 Å². The summed E-state index contributed by atoms with van der Waals surface area (Å²) in [4.78, 5) is 25.1. The Kier molecular flexibility index (Phi) is 7.25. The van der Waals surface area contributed by atoms with Gasteiger partial charge in [0.1, 0.15) is 11.6 Å². The summed E-state index contributed by atoms with van der Waals surface area (Å²) < 4.78 is 51.4. The van der Waals surface area contributed by atoms with Crippen molar-refractivity contribution in [2.45, 2.75) is 45.6 Å². The van der Waals surface area contributed by atoms with Gasteiger partial charge in [0.05, 0.1) is 24.4 Å². The number of halogens is 3. The second-order valence-electron chi connectivity index (χ2n) is 11.0. The lowest BCUT2D eigenvalue weighted by Gasteiger charge is -2.40. The Hall–Kier alpha value is -4.19. The number of nitrogens with zero attached hydrogens (tertiary/aromatic N) is 6. The van der Waals surface area contributed by atoms with E-state index in [-0.39, 0.29) is 41.4 Å². The van der Waals surface area contributed by atoms with E-state index in [2.05, 4.69) is 20.3 Å². The number of rotatable bonds is 8. The predicted molar refractivity (Wildman–Crippen MR) is 151 cm³/mol. The molecule has 42 heavy (non-hydrogen) atoms. The molecule has 12 heteroatoms. The van der Waals surface area contributed by atoms with Crippen LogP contribution in [0.1, 0.15) is 39.8 Å². The predicted octanol–water partition coefficient (Wildman–Crippen LogP) is 4.38. The third kappa shape index (κ3) is 5.38. The standard InChI is InChI=1S/C30H32F3N7O2/c1-4-40-15-25(29(37-40)30(31,32)33)23-9-19(12-38-6-5-35-17-38)10-24-27(41)20(16-42-28(23)24)11-21-7-18(2)8-26(36-21)39-13-22(14-39)34-3/h5-10,15,17,20,22,34H,4,11-14,16H2,1-3H3/t20-/m1/s1. The fourth-order valence-electron chi connectivity index (χ4n) is 5.62. The van der Waals surface area contributed by atoms with Crippen LogP contribution in [0.3, 0.4) is 0 Å². The van der Waals surface area contributed by atoms with Gasteiger partial charge in [-0.1, -0.05) is 0 Å². The van der Waals surface area contributed by atoms with Crippen molar-refractivity contribution < 1.29 is 22.7 Å². The number of imidazole rings is 1. The zero-order valence-corrected chi connectivity index (χ0v) is 23.6. The molecule has 0 aliphatic carbocycles. The number of ether oxygens (including phenoxy) is 1. The number of Topliss-reactive ketones (excluding diaryl/α,β-unsaturated/α-hetero) is 1. The Morgan fingerprint density at radius 2 is 1.90 bits per heavy atom. The molecule has 1 N–H and O–H groups in total. The van der Waals surface area contributed by atoms with Gasteiger partial charge in [-0.25, -0.2) is 9.97 Å². The summed E-state index contributed by atoms with van der Waals surface area (Å²) >= 11 is 0. The number of alkyl halides is 3. The number of nitrogens with one attached hydrogen (secondary N) is 1. The first-order chi connectivity index (χ1) is 20.1. The average Bonchev–Trinajstić information content (AvgIpc) is 3.59. The van der Waals surface area contributed by atoms with Crippen LogP contribution in [0.2, 0.25) is 0 Å². The number of hydrogen-bond acceptors (Lipinski definition) is 7. The van der Waals surface area contributed by atoms with Gasteiger partial charge in [0, 0.05) is 74.1 Å². The summed E-state index contributed by atoms with van der Waals surface area (Å²) in [6.45, 7) is 6.08. The number of carbonyl (C=O) groups excluding carboxylic acids is 1. The Bertz CT molecular complexity index is 1610. The Balaban J connectivity index is 1.36. The molecule has 0 amide bonds. The van der Waals surface area contributed by atoms with Crippen LogP contribution in [0.5, 0.6) is 5.75 Å². The number of fused-ring (bicyclic) bond motifs is 1. The highest BCUT2D eigenvalue weighted by Gasteiger charge is 2.40. The summed E-state index contributed by atoms with van der Waals surface area (Å²) in [7, 11) is 1.94. The van der Waals surface area contributed by atoms with Crippen LogP contribution < -0.4 is 15.0 Å². The number of aromatic nitrogens is 5. The second kappa shape index (κ2) is 10.9. The van der Waals surface area contributed by atoms with Crippen LogP contribution in [0.25, 0.3) is 11.1 Å². The fraction of sp³-hybridized carbons (Fsp3) is 0.400. The molecular formula is C30H32F3N7O2. The van der Waals surface area contributed by atoms with Crippen molar-refractivity contribution in [3.05, 3.63) is 77.3 Å². The van der Waals surface area contributed by atoms with Crippen molar-refractivity contribution in [2.75, 3.05) is 31.6 Å². The quantitative estimate of drug-likeness (QED) is 0.332. The zero-order valence-electron chi connectivity index (χ0n) is 23.6. The highest BCUT2D eigenvalue weighted by atomic mass is 19.4. The monoisotopic (exact) mass is 579 g/mol. The Labute approximate surface area is 241 Å². The van der Waals surface area contributed by atoms with Crippen molar-refractivity contribution in [2.24, 2.45) is 5.92 Å². The van der Waals surface area contributed by atoms with Gasteiger partial charge in [0.2, 0.25) is 0 Å². The Morgan fingerprint density at radius 1 is 1.12 bits per heavy atom. The van der Waals surface area contributed by atoms with Crippen LogP contribution in [0, 0.1) is 12.8 Å². The molecule has 0 spiro atoms. The Morgan fingerprint density at radius 3 is 2.60 bits per heavy atom. The number of benzene rings is 1. The third-order valence-electron chi connectivity index (χ3n) is 7.86. The van der Waals surface area contributed by atoms with Gasteiger partial charge in [-0.15, -0.1) is 0 Å². The van der Waals surface area contributed by atoms with Crippen LogP contribution in [0.4, 0.5) is 19.0 Å². The highest BCUT2D eigenvalue weighted by Crippen LogP contribution is 2.44. The number of anilines is 1. The first-order valence-corrected chi connectivity index (χ1v) is 14.0. The molecule has 1 fully saturated rings. The molecule has 2 aliphatic rings. The van der Waals surface area contributed by atoms with Crippen molar-refractivity contribution in [1.82, 2.24) is 29.6 Å². The van der Waals surface area contributed by atoms with Crippen LogP contribution in [-0.4, -0.2) is 62.9 Å². The van der Waals surface area contributed by atoms with Crippen molar-refractivity contribution in [3.63, 3.8) is 0 Å². The lowest BCUT2D eigenvalue weighted by atomic mass is 9.87. The second-order valence-corrected chi connectivity index (χ2v) is 11.0. The lowest BCUT2D eigenvalue weighted by molar-refractivity contribution is -0.141. The fourth-order valence-corrected chi connectivity index (χ4v) is 5.62. The minimum Gasteiger partial charge on any atom is -0.491 e. The van der Waals surface area contributed by atoms with Crippen molar-refractivity contribution >= 4 is 11.6 Å². The maximum atomic E-state index is 14.1. The van der Waals surface area contributed by atoms with E-state index in [1.54, 1.807) is 42.3 Å². The molecule has 1 atom stereocenters. The topological polar surface area (TPSA) is 90.1 Å². The lowest BCUT2D eigenvalue weighted by Crippen LogP contribution is -2.57. The molecule has 6 rings (SSSR count). The van der Waals surface area contributed by atoms with E-state index in [1.165, 1.54) is 10.9 Å². The van der Waals surface area contributed by atoms with Crippen LogP contribution >= 0.6 is 0 Å². The molecule has 1 aromatic carbocycles. The first kappa shape index (κ1) is 28.0. The summed E-state index contributed by atoms with van der Waals surface area (Å²) in [5.41, 5.74) is 1.83. The van der Waals surface area contributed by atoms with Crippen molar-refractivity contribution in [1.29, 1.82) is 0 Å². The molecule has 3 aromatic heterocycles. The SMILES string of the molecule is CCn1cc(-c2cc(Cn3ccnc3)cc3c2OC[C@@H](Cc2cc(C)cc(N4CC(NC)C4)n2)C3=O)c(C(F)(F)F)n1. The van der Waals surface area contributed by atoms with E-state index < -0.39 is 17.8 Å². The van der Waals surface area contributed by atoms with E-state index in [4.69, 9.17) is 9.72 Å². The van der Waals surface area contributed by atoms with E-state index in [0.29, 0.717) is 24.6 Å². The number of ketones is 1. The van der Waals surface area contributed by atoms with Gasteiger partial charge in [-0.3, -0.25) is 9.48 Å². The van der Waals surface area contributed by atoms with E-state index in [9.17, 15) is 18.0 Å². The number of pyridine rings is 1. The molecule has 0 unspecified atom stereocenters. The summed E-state index contributed by atoms with van der Waals surface area (Å²) in [5, 5.41) is 7.05. The molecular weight excluding hydrogens is 547 g/mol. The molecule has 5 heterocycles. The maximum absolute atomic E-state index is 14.1. The summed E-state index contributed by atoms with van der Waals surface area (Å²) in [5.74, 6) is 0.324. The van der Waals surface area contributed by atoms with Gasteiger partial charge < -0.3 is 19.5 Å². The zero-order chi connectivity index (χ0) is 29.6. The first-order valence-electron chi connectivity index (χ1n) is 14.0. The van der Waals surface area contributed by atoms with Gasteiger partial charge in [0.15, 0.2) is 11.5 Å².